The molecule has 2 rings (SSSR count). The Morgan fingerprint density at radius 1 is 1.44 bits per heavy atom. The van der Waals surface area contributed by atoms with E-state index in [4.69, 9.17) is 0 Å². The predicted molar refractivity (Wildman–Crippen MR) is 74.4 cm³/mol. The minimum absolute atomic E-state index is 0.153. The Hall–Kier alpha value is -1.43. The SMILES string of the molecule is CCCc1nc(Br)cc(NC(C)c2cn[nH]c2)n1. The number of aryl methyl sites for hydroxylation is 1. The van der Waals surface area contributed by atoms with Crippen molar-refractivity contribution < 1.29 is 0 Å². The van der Waals surface area contributed by atoms with Gasteiger partial charge in [0.1, 0.15) is 16.2 Å². The standard InChI is InChI=1S/C12H16BrN5/c1-3-4-11-17-10(13)5-12(18-11)16-8(2)9-6-14-15-7-9/h5-8H,3-4H2,1-2H3,(H,14,15)(H,16,17,18). The van der Waals surface area contributed by atoms with Crippen LogP contribution in [0.5, 0.6) is 0 Å². The Morgan fingerprint density at radius 2 is 2.28 bits per heavy atom. The van der Waals surface area contributed by atoms with E-state index in [2.05, 4.69) is 55.3 Å². The van der Waals surface area contributed by atoms with Gasteiger partial charge in [0.25, 0.3) is 0 Å². The van der Waals surface area contributed by atoms with E-state index in [9.17, 15) is 0 Å². The molecule has 0 saturated heterocycles. The molecule has 18 heavy (non-hydrogen) atoms. The monoisotopic (exact) mass is 309 g/mol. The van der Waals surface area contributed by atoms with Gasteiger partial charge < -0.3 is 5.32 Å². The van der Waals surface area contributed by atoms with Crippen molar-refractivity contribution in [3.8, 4) is 0 Å². The zero-order valence-electron chi connectivity index (χ0n) is 10.4. The first-order valence-electron chi connectivity index (χ1n) is 5.97. The number of nitrogens with one attached hydrogen (secondary N) is 2. The molecule has 0 aliphatic rings. The number of aromatic amines is 1. The molecular formula is C12H16BrN5. The minimum atomic E-state index is 0.153. The summed E-state index contributed by atoms with van der Waals surface area (Å²) in [4.78, 5) is 8.83. The summed E-state index contributed by atoms with van der Waals surface area (Å²) in [6.45, 7) is 4.19. The van der Waals surface area contributed by atoms with Gasteiger partial charge >= 0.3 is 0 Å². The molecule has 0 aromatic carbocycles. The van der Waals surface area contributed by atoms with E-state index in [0.717, 1.165) is 34.7 Å². The summed E-state index contributed by atoms with van der Waals surface area (Å²) in [5.74, 6) is 1.68. The largest absolute Gasteiger partial charge is 0.363 e. The van der Waals surface area contributed by atoms with Crippen molar-refractivity contribution >= 4 is 21.7 Å². The normalized spacial score (nSPS) is 12.4. The zero-order chi connectivity index (χ0) is 13.0. The highest BCUT2D eigenvalue weighted by Crippen LogP contribution is 2.19. The molecule has 2 heterocycles. The highest BCUT2D eigenvalue weighted by Gasteiger charge is 2.09. The van der Waals surface area contributed by atoms with Crippen LogP contribution in [0.15, 0.2) is 23.1 Å². The van der Waals surface area contributed by atoms with Gasteiger partial charge in [-0.25, -0.2) is 9.97 Å². The molecular weight excluding hydrogens is 294 g/mol. The van der Waals surface area contributed by atoms with Gasteiger partial charge in [0.05, 0.1) is 12.2 Å². The molecule has 0 bridgehead atoms. The number of anilines is 1. The molecule has 2 aromatic rings. The van der Waals surface area contributed by atoms with Gasteiger partial charge in [-0.15, -0.1) is 0 Å². The predicted octanol–water partition coefficient (Wildman–Crippen LogP) is 3.09. The van der Waals surface area contributed by atoms with Crippen LogP contribution in [0.3, 0.4) is 0 Å². The molecule has 0 radical (unpaired) electrons. The number of hydrogen-bond donors (Lipinski definition) is 2. The Labute approximate surface area is 115 Å². The van der Waals surface area contributed by atoms with E-state index in [1.54, 1.807) is 6.20 Å². The summed E-state index contributed by atoms with van der Waals surface area (Å²) in [6, 6.07) is 2.04. The van der Waals surface area contributed by atoms with Gasteiger partial charge in [-0.1, -0.05) is 6.92 Å². The summed E-state index contributed by atoms with van der Waals surface area (Å²) < 4.78 is 0.808. The number of aromatic nitrogens is 4. The Morgan fingerprint density at radius 3 is 2.94 bits per heavy atom. The molecule has 6 heteroatoms. The number of rotatable bonds is 5. The maximum atomic E-state index is 4.49. The second-order valence-corrected chi connectivity index (χ2v) is 4.95. The van der Waals surface area contributed by atoms with Gasteiger partial charge in [-0.3, -0.25) is 5.10 Å². The highest BCUT2D eigenvalue weighted by atomic mass is 79.9. The maximum Gasteiger partial charge on any atom is 0.132 e. The van der Waals surface area contributed by atoms with E-state index in [0.29, 0.717) is 0 Å². The van der Waals surface area contributed by atoms with E-state index < -0.39 is 0 Å². The first-order valence-corrected chi connectivity index (χ1v) is 6.77. The van der Waals surface area contributed by atoms with Crippen molar-refractivity contribution in [2.75, 3.05) is 5.32 Å². The van der Waals surface area contributed by atoms with Crippen molar-refractivity contribution in [3.63, 3.8) is 0 Å². The van der Waals surface area contributed by atoms with Crippen molar-refractivity contribution in [1.29, 1.82) is 0 Å². The number of halogens is 1. The van der Waals surface area contributed by atoms with E-state index in [1.807, 2.05) is 12.3 Å². The molecule has 1 unspecified atom stereocenters. The summed E-state index contributed by atoms with van der Waals surface area (Å²) in [5.41, 5.74) is 1.10. The molecule has 2 N–H and O–H groups in total. The first-order chi connectivity index (χ1) is 8.69. The van der Waals surface area contributed by atoms with Crippen molar-refractivity contribution in [3.05, 3.63) is 34.5 Å². The average Bonchev–Trinajstić information content (AvgIpc) is 2.81. The number of nitrogens with zero attached hydrogens (tertiary/aromatic N) is 3. The van der Waals surface area contributed by atoms with E-state index >= 15 is 0 Å². The Bertz CT molecular complexity index is 497. The topological polar surface area (TPSA) is 66.5 Å². The molecule has 0 spiro atoms. The van der Waals surface area contributed by atoms with Gasteiger partial charge in [-0.05, 0) is 29.3 Å². The first kappa shape index (κ1) is 13.0. The Kier molecular flexibility index (Phi) is 4.30. The van der Waals surface area contributed by atoms with Crippen LogP contribution in [0.25, 0.3) is 0 Å². The fraction of sp³-hybridized carbons (Fsp3) is 0.417. The third kappa shape index (κ3) is 3.29. The maximum absolute atomic E-state index is 4.49. The quantitative estimate of drug-likeness (QED) is 0.833. The Balaban J connectivity index is 2.13. The molecule has 2 aromatic heterocycles. The summed E-state index contributed by atoms with van der Waals surface area (Å²) in [7, 11) is 0. The van der Waals surface area contributed by atoms with Crippen LogP contribution in [-0.2, 0) is 6.42 Å². The third-order valence-electron chi connectivity index (χ3n) is 2.60. The van der Waals surface area contributed by atoms with Crippen molar-refractivity contribution in [2.45, 2.75) is 32.7 Å². The second kappa shape index (κ2) is 5.95. The molecule has 0 fully saturated rings. The van der Waals surface area contributed by atoms with Crippen LogP contribution < -0.4 is 5.32 Å². The zero-order valence-corrected chi connectivity index (χ0v) is 12.0. The molecule has 0 aliphatic heterocycles. The smallest absolute Gasteiger partial charge is 0.132 e. The molecule has 0 saturated carbocycles. The molecule has 96 valence electrons. The third-order valence-corrected chi connectivity index (χ3v) is 3.00. The molecule has 0 aliphatic carbocycles. The van der Waals surface area contributed by atoms with Gasteiger partial charge in [-0.2, -0.15) is 5.10 Å². The highest BCUT2D eigenvalue weighted by molar-refractivity contribution is 9.10. The van der Waals surface area contributed by atoms with Crippen LogP contribution in [0.2, 0.25) is 0 Å². The lowest BCUT2D eigenvalue weighted by atomic mass is 10.2. The van der Waals surface area contributed by atoms with E-state index in [-0.39, 0.29) is 6.04 Å². The van der Waals surface area contributed by atoms with Crippen LogP contribution in [0.1, 0.15) is 37.7 Å². The van der Waals surface area contributed by atoms with Gasteiger partial charge in [0, 0.05) is 24.2 Å². The lowest BCUT2D eigenvalue weighted by molar-refractivity contribution is 0.814. The molecule has 0 amide bonds. The summed E-state index contributed by atoms with van der Waals surface area (Å²) >= 11 is 3.41. The van der Waals surface area contributed by atoms with Gasteiger partial charge in [0.2, 0.25) is 0 Å². The summed E-state index contributed by atoms with van der Waals surface area (Å²) in [6.07, 6.45) is 5.60. The van der Waals surface area contributed by atoms with Crippen LogP contribution >= 0.6 is 15.9 Å². The minimum Gasteiger partial charge on any atom is -0.363 e. The number of H-pyrrole nitrogens is 1. The van der Waals surface area contributed by atoms with E-state index in [1.165, 1.54) is 0 Å². The lowest BCUT2D eigenvalue weighted by Gasteiger charge is -2.13. The number of hydrogen-bond acceptors (Lipinski definition) is 4. The van der Waals surface area contributed by atoms with Crippen LogP contribution in [0, 0.1) is 0 Å². The van der Waals surface area contributed by atoms with Crippen molar-refractivity contribution in [2.24, 2.45) is 0 Å². The summed E-state index contributed by atoms with van der Waals surface area (Å²) in [5, 5.41) is 10.1. The van der Waals surface area contributed by atoms with Crippen molar-refractivity contribution in [1.82, 2.24) is 20.2 Å². The molecule has 5 nitrogen and oxygen atoms in total. The fourth-order valence-electron chi connectivity index (χ4n) is 1.68. The van der Waals surface area contributed by atoms with Crippen LogP contribution in [0.4, 0.5) is 5.82 Å². The fourth-order valence-corrected chi connectivity index (χ4v) is 2.10. The molecule has 1 atom stereocenters. The lowest BCUT2D eigenvalue weighted by Crippen LogP contribution is -2.09. The van der Waals surface area contributed by atoms with Crippen LogP contribution in [-0.4, -0.2) is 20.2 Å². The average molecular weight is 310 g/mol. The second-order valence-electron chi connectivity index (χ2n) is 4.14. The van der Waals surface area contributed by atoms with Gasteiger partial charge in [0.15, 0.2) is 0 Å².